The molecule has 0 unspecified atom stereocenters. The molecular weight excluding hydrogens is 466 g/mol. The molecule has 5 rings (SSSR count). The van der Waals surface area contributed by atoms with Crippen LogP contribution in [-0.4, -0.2) is 85.1 Å². The number of amides is 2. The number of carbonyl (C=O) groups is 2. The summed E-state index contributed by atoms with van der Waals surface area (Å²) >= 11 is 0. The van der Waals surface area contributed by atoms with E-state index in [9.17, 15) is 18.0 Å². The monoisotopic (exact) mass is 493 g/mol. The molecule has 2 saturated heterocycles. The van der Waals surface area contributed by atoms with E-state index in [1.165, 1.54) is 17.7 Å². The Morgan fingerprint density at radius 2 is 1.69 bits per heavy atom. The van der Waals surface area contributed by atoms with E-state index in [-0.39, 0.29) is 36.3 Å². The molecule has 0 atom stereocenters. The zero-order valence-corrected chi connectivity index (χ0v) is 20.1. The summed E-state index contributed by atoms with van der Waals surface area (Å²) in [7, 11) is -3.78. The van der Waals surface area contributed by atoms with Crippen molar-refractivity contribution in [2.24, 2.45) is 0 Å². The van der Waals surface area contributed by atoms with Gasteiger partial charge in [0.2, 0.25) is 15.9 Å². The largest absolute Gasteiger partial charge is 0.354 e. The van der Waals surface area contributed by atoms with Gasteiger partial charge in [0, 0.05) is 63.0 Å². The molecule has 3 aromatic rings. The maximum Gasteiger partial charge on any atom is 0.253 e. The minimum Gasteiger partial charge on any atom is -0.354 e. The molecular formula is C25H27N5O4S. The average molecular weight is 494 g/mol. The van der Waals surface area contributed by atoms with Gasteiger partial charge in [-0.05, 0) is 35.9 Å². The zero-order chi connectivity index (χ0) is 24.4. The van der Waals surface area contributed by atoms with Gasteiger partial charge in [-0.25, -0.2) is 8.42 Å². The van der Waals surface area contributed by atoms with Crippen molar-refractivity contribution in [3.63, 3.8) is 0 Å². The van der Waals surface area contributed by atoms with Gasteiger partial charge in [0.05, 0.1) is 17.0 Å². The average Bonchev–Trinajstić information content (AvgIpc) is 2.89. The quantitative estimate of drug-likeness (QED) is 0.575. The standard InChI is InChI=1S/C25H27N5O4S/c31-23-18-30(12-11-26-23)35(33,34)22-8-6-20(7-9-22)25(32)29-15-13-28(14-16-29)17-21-4-1-3-19-5-2-10-27-24(19)21/h1-10H,11-18H2,(H,26,31). The number of piperazine rings is 2. The minimum atomic E-state index is -3.78. The Morgan fingerprint density at radius 3 is 2.43 bits per heavy atom. The Hall–Kier alpha value is -3.34. The number of nitrogens with zero attached hydrogens (tertiary/aromatic N) is 4. The van der Waals surface area contributed by atoms with E-state index in [0.29, 0.717) is 18.7 Å². The van der Waals surface area contributed by atoms with Crippen LogP contribution >= 0.6 is 0 Å². The maximum atomic E-state index is 13.0. The van der Waals surface area contributed by atoms with Gasteiger partial charge in [0.15, 0.2) is 0 Å². The number of pyridine rings is 1. The van der Waals surface area contributed by atoms with E-state index in [4.69, 9.17) is 0 Å². The zero-order valence-electron chi connectivity index (χ0n) is 19.3. The fourth-order valence-electron chi connectivity index (χ4n) is 4.57. The molecule has 1 aromatic heterocycles. The Morgan fingerprint density at radius 1 is 0.943 bits per heavy atom. The van der Waals surface area contributed by atoms with Crippen LogP contribution in [0.1, 0.15) is 15.9 Å². The highest BCUT2D eigenvalue weighted by Crippen LogP contribution is 2.20. The van der Waals surface area contributed by atoms with Gasteiger partial charge in [-0.3, -0.25) is 19.5 Å². The molecule has 2 aromatic carbocycles. The number of nitrogens with one attached hydrogen (secondary N) is 1. The summed E-state index contributed by atoms with van der Waals surface area (Å²) < 4.78 is 26.8. The van der Waals surface area contributed by atoms with E-state index in [2.05, 4.69) is 33.4 Å². The third-order valence-corrected chi connectivity index (χ3v) is 8.37. The van der Waals surface area contributed by atoms with Gasteiger partial charge >= 0.3 is 0 Å². The highest BCUT2D eigenvalue weighted by molar-refractivity contribution is 7.89. The molecule has 35 heavy (non-hydrogen) atoms. The summed E-state index contributed by atoms with van der Waals surface area (Å²) in [6, 6.07) is 16.2. The van der Waals surface area contributed by atoms with Crippen LogP contribution in [0.25, 0.3) is 10.9 Å². The van der Waals surface area contributed by atoms with Gasteiger partial charge in [0.25, 0.3) is 5.91 Å². The summed E-state index contributed by atoms with van der Waals surface area (Å²) in [6.07, 6.45) is 1.81. The minimum absolute atomic E-state index is 0.0808. The van der Waals surface area contributed by atoms with Gasteiger partial charge in [-0.1, -0.05) is 24.3 Å². The third-order valence-electron chi connectivity index (χ3n) is 6.51. The van der Waals surface area contributed by atoms with Crippen molar-refractivity contribution >= 4 is 32.7 Å². The first kappa shape index (κ1) is 23.4. The van der Waals surface area contributed by atoms with Crippen LogP contribution in [0, 0.1) is 0 Å². The van der Waals surface area contributed by atoms with E-state index in [1.54, 1.807) is 17.0 Å². The number of aromatic nitrogens is 1. The van der Waals surface area contributed by atoms with Gasteiger partial charge in [-0.2, -0.15) is 4.31 Å². The summed E-state index contributed by atoms with van der Waals surface area (Å²) in [5.41, 5.74) is 2.63. The first-order valence-electron chi connectivity index (χ1n) is 11.6. The van der Waals surface area contributed by atoms with Gasteiger partial charge in [-0.15, -0.1) is 0 Å². The summed E-state index contributed by atoms with van der Waals surface area (Å²) in [6.45, 7) is 3.79. The van der Waals surface area contributed by atoms with Crippen molar-refractivity contribution in [1.82, 2.24) is 24.4 Å². The number of carbonyl (C=O) groups excluding carboxylic acids is 2. The van der Waals surface area contributed by atoms with Crippen LogP contribution < -0.4 is 5.32 Å². The molecule has 2 aliphatic heterocycles. The predicted molar refractivity (Wildman–Crippen MR) is 131 cm³/mol. The second-order valence-corrected chi connectivity index (χ2v) is 10.7. The molecule has 2 amide bonds. The lowest BCUT2D eigenvalue weighted by molar-refractivity contribution is -0.122. The predicted octanol–water partition coefficient (Wildman–Crippen LogP) is 1.31. The molecule has 2 aliphatic rings. The number of hydrogen-bond acceptors (Lipinski definition) is 6. The Bertz CT molecular complexity index is 1350. The molecule has 182 valence electrons. The Labute approximate surface area is 204 Å². The summed E-state index contributed by atoms with van der Waals surface area (Å²) in [4.78, 5) is 33.3. The lowest BCUT2D eigenvalue weighted by Gasteiger charge is -2.35. The summed E-state index contributed by atoms with van der Waals surface area (Å²) in [5.74, 6) is -0.430. The second kappa shape index (κ2) is 9.73. The van der Waals surface area contributed by atoms with Crippen molar-refractivity contribution in [3.05, 3.63) is 71.9 Å². The van der Waals surface area contributed by atoms with Crippen LogP contribution in [0.15, 0.2) is 65.7 Å². The topological polar surface area (TPSA) is 103 Å². The number of sulfonamides is 1. The SMILES string of the molecule is O=C1CN(S(=O)(=O)c2ccc(C(=O)N3CCN(Cc4cccc5cccnc45)CC3)cc2)CCN1. The smallest absolute Gasteiger partial charge is 0.253 e. The first-order valence-corrected chi connectivity index (χ1v) is 13.1. The lowest BCUT2D eigenvalue weighted by Crippen LogP contribution is -2.49. The van der Waals surface area contributed by atoms with Crippen molar-refractivity contribution in [3.8, 4) is 0 Å². The van der Waals surface area contributed by atoms with E-state index in [1.807, 2.05) is 18.3 Å². The van der Waals surface area contributed by atoms with Crippen LogP contribution in [0.5, 0.6) is 0 Å². The molecule has 2 fully saturated rings. The van der Waals surface area contributed by atoms with Crippen molar-refractivity contribution in [1.29, 1.82) is 0 Å². The molecule has 3 heterocycles. The molecule has 0 aliphatic carbocycles. The van der Waals surface area contributed by atoms with Crippen molar-refractivity contribution in [2.45, 2.75) is 11.4 Å². The van der Waals surface area contributed by atoms with Crippen molar-refractivity contribution < 1.29 is 18.0 Å². The lowest BCUT2D eigenvalue weighted by atomic mass is 10.1. The van der Waals surface area contributed by atoms with Crippen LogP contribution in [-0.2, 0) is 21.4 Å². The van der Waals surface area contributed by atoms with Crippen LogP contribution in [0.2, 0.25) is 0 Å². The fourth-order valence-corrected chi connectivity index (χ4v) is 5.96. The second-order valence-electron chi connectivity index (χ2n) is 8.77. The number of hydrogen-bond donors (Lipinski definition) is 1. The fraction of sp³-hybridized carbons (Fsp3) is 0.320. The van der Waals surface area contributed by atoms with E-state index < -0.39 is 10.0 Å². The number of para-hydroxylation sites is 1. The van der Waals surface area contributed by atoms with Crippen LogP contribution in [0.4, 0.5) is 0 Å². The molecule has 0 radical (unpaired) electrons. The highest BCUT2D eigenvalue weighted by Gasteiger charge is 2.29. The van der Waals surface area contributed by atoms with E-state index in [0.717, 1.165) is 34.8 Å². The number of benzene rings is 2. The highest BCUT2D eigenvalue weighted by atomic mass is 32.2. The maximum absolute atomic E-state index is 13.0. The first-order chi connectivity index (χ1) is 16.9. The third kappa shape index (κ3) is 4.90. The number of fused-ring (bicyclic) bond motifs is 1. The molecule has 0 saturated carbocycles. The Kier molecular flexibility index (Phi) is 6.50. The Balaban J connectivity index is 1.20. The number of rotatable bonds is 5. The molecule has 9 nitrogen and oxygen atoms in total. The normalized spacial score (nSPS) is 17.9. The van der Waals surface area contributed by atoms with Crippen LogP contribution in [0.3, 0.4) is 0 Å². The summed E-state index contributed by atoms with van der Waals surface area (Å²) in [5, 5.41) is 3.74. The molecule has 10 heteroatoms. The van der Waals surface area contributed by atoms with Gasteiger partial charge in [0.1, 0.15) is 0 Å². The van der Waals surface area contributed by atoms with E-state index >= 15 is 0 Å². The molecule has 0 bridgehead atoms. The molecule has 1 N–H and O–H groups in total. The molecule has 0 spiro atoms. The van der Waals surface area contributed by atoms with Crippen molar-refractivity contribution in [2.75, 3.05) is 45.8 Å². The van der Waals surface area contributed by atoms with Gasteiger partial charge < -0.3 is 10.2 Å².